The van der Waals surface area contributed by atoms with E-state index in [1.165, 1.54) is 38.5 Å². The van der Waals surface area contributed by atoms with Crippen LogP contribution in [-0.4, -0.2) is 36.4 Å². The van der Waals surface area contributed by atoms with E-state index in [0.29, 0.717) is 22.9 Å². The second kappa shape index (κ2) is 15.4. The number of phenols is 2. The Morgan fingerprint density at radius 1 is 0.595 bits per heavy atom. The fourth-order valence-electron chi connectivity index (χ4n) is 3.60. The van der Waals surface area contributed by atoms with Crippen LogP contribution in [-0.2, 0) is 0 Å². The van der Waals surface area contributed by atoms with Crippen LogP contribution in [0.5, 0.6) is 23.0 Å². The number of aromatic carboxylic acids is 2. The normalized spacial score (nSPS) is 10.6. The first-order valence-electron chi connectivity index (χ1n) is 11.5. The van der Waals surface area contributed by atoms with E-state index in [2.05, 4.69) is 20.5 Å². The first-order chi connectivity index (χ1) is 19.2. The van der Waals surface area contributed by atoms with Crippen molar-refractivity contribution in [3.63, 3.8) is 0 Å². The Kier molecular flexibility index (Phi) is 12.7. The molecule has 42 heavy (non-hydrogen) atoms. The molecule has 12 nitrogen and oxygen atoms in total. The molecule has 0 aliphatic heterocycles. The van der Waals surface area contributed by atoms with E-state index < -0.39 is 34.6 Å². The van der Waals surface area contributed by atoms with Gasteiger partial charge in [-0.2, -0.15) is 10.2 Å². The SMILES string of the molecule is COc1cc(-c2ccc(N=Nc3ccc(O)c(C(=O)[O-])c3)c(OC)c2)ccc1N=Nc1ccc(O)c(C(=O)[O-])c1.[Na+].[Na+]. The quantitative estimate of drug-likeness (QED) is 0.172. The van der Waals surface area contributed by atoms with Crippen molar-refractivity contribution < 1.29 is 98.6 Å². The Balaban J connectivity index is 0.00000308. The molecule has 0 saturated heterocycles. The Morgan fingerprint density at radius 3 is 1.31 bits per heavy atom. The number of rotatable bonds is 9. The second-order valence-electron chi connectivity index (χ2n) is 8.15. The molecule has 0 heterocycles. The number of ether oxygens (including phenoxy) is 2. The standard InChI is InChI=1S/C28H22N4O8.2Na/c1-39-25-11-15(3-7-21(25)31-29-17-5-9-23(33)19(13-17)27(35)36)16-4-8-22(26(12-16)40-2)32-30-18-6-10-24(34)20(14-18)28(37)38;;/h3-14,33-34H,1-2H3,(H,35,36)(H,37,38);;/q;2*+1/p-2. The summed E-state index contributed by atoms with van der Waals surface area (Å²) >= 11 is 0. The van der Waals surface area contributed by atoms with Gasteiger partial charge in [0.1, 0.15) is 34.4 Å². The van der Waals surface area contributed by atoms with Crippen molar-refractivity contribution in [3.05, 3.63) is 83.9 Å². The third kappa shape index (κ3) is 8.16. The van der Waals surface area contributed by atoms with E-state index in [4.69, 9.17) is 9.47 Å². The summed E-state index contributed by atoms with van der Waals surface area (Å²) in [6, 6.07) is 17.8. The monoisotopic (exact) mass is 586 g/mol. The summed E-state index contributed by atoms with van der Waals surface area (Å²) in [4.78, 5) is 22.2. The fraction of sp³-hybridized carbons (Fsp3) is 0.0714. The van der Waals surface area contributed by atoms with Crippen LogP contribution < -0.4 is 78.8 Å². The van der Waals surface area contributed by atoms with Crippen molar-refractivity contribution >= 4 is 34.7 Å². The predicted molar refractivity (Wildman–Crippen MR) is 138 cm³/mol. The molecule has 202 valence electrons. The zero-order valence-corrected chi connectivity index (χ0v) is 27.1. The first kappa shape index (κ1) is 34.4. The van der Waals surface area contributed by atoms with Gasteiger partial charge in [-0.05, 0) is 71.8 Å². The molecular formula is C28H20N4Na2O8. The van der Waals surface area contributed by atoms with Crippen LogP contribution in [0.3, 0.4) is 0 Å². The van der Waals surface area contributed by atoms with Crippen LogP contribution in [0.1, 0.15) is 20.7 Å². The van der Waals surface area contributed by atoms with Crippen LogP contribution in [0.4, 0.5) is 22.7 Å². The molecular weight excluding hydrogens is 566 g/mol. The summed E-state index contributed by atoms with van der Waals surface area (Å²) in [6.07, 6.45) is 0. The van der Waals surface area contributed by atoms with Gasteiger partial charge in [0.15, 0.2) is 0 Å². The number of azo groups is 2. The number of hydrogen-bond acceptors (Lipinski definition) is 12. The minimum atomic E-state index is -1.54. The van der Waals surface area contributed by atoms with Crippen LogP contribution in [0.2, 0.25) is 0 Å². The minimum absolute atomic E-state index is 0. The summed E-state index contributed by atoms with van der Waals surface area (Å²) in [5.74, 6) is -3.17. The molecule has 2 N–H and O–H groups in total. The minimum Gasteiger partial charge on any atom is -0.545 e. The fourth-order valence-corrected chi connectivity index (χ4v) is 3.60. The number of methoxy groups -OCH3 is 2. The van der Waals surface area contributed by atoms with E-state index in [1.54, 1.807) is 36.4 Å². The molecule has 4 rings (SSSR count). The maximum Gasteiger partial charge on any atom is 1.00 e. The maximum atomic E-state index is 11.1. The third-order valence-corrected chi connectivity index (χ3v) is 5.64. The molecule has 0 atom stereocenters. The molecule has 0 amide bonds. The third-order valence-electron chi connectivity index (χ3n) is 5.64. The zero-order chi connectivity index (χ0) is 28.8. The summed E-state index contributed by atoms with van der Waals surface area (Å²) < 4.78 is 10.9. The number of hydrogen-bond donors (Lipinski definition) is 2. The molecule has 0 bridgehead atoms. The van der Waals surface area contributed by atoms with Crippen LogP contribution >= 0.6 is 0 Å². The Morgan fingerprint density at radius 2 is 0.976 bits per heavy atom. The van der Waals surface area contributed by atoms with Gasteiger partial charge in [-0.15, -0.1) is 10.2 Å². The smallest absolute Gasteiger partial charge is 0.545 e. The second-order valence-corrected chi connectivity index (χ2v) is 8.15. The largest absolute Gasteiger partial charge is 1.00 e. The van der Waals surface area contributed by atoms with Gasteiger partial charge in [0.2, 0.25) is 0 Å². The number of benzene rings is 4. The maximum absolute atomic E-state index is 11.1. The van der Waals surface area contributed by atoms with Gasteiger partial charge in [0, 0.05) is 11.1 Å². The molecule has 0 radical (unpaired) electrons. The molecule has 14 heteroatoms. The van der Waals surface area contributed by atoms with E-state index in [9.17, 15) is 30.0 Å². The van der Waals surface area contributed by atoms with Crippen molar-refractivity contribution in [3.8, 4) is 34.1 Å². The summed E-state index contributed by atoms with van der Waals surface area (Å²) in [7, 11) is 2.93. The molecule has 0 aliphatic carbocycles. The molecule has 0 aromatic heterocycles. The van der Waals surface area contributed by atoms with E-state index in [-0.39, 0.29) is 70.5 Å². The van der Waals surface area contributed by atoms with Gasteiger partial charge in [-0.1, -0.05) is 12.1 Å². The van der Waals surface area contributed by atoms with Gasteiger partial charge in [0.25, 0.3) is 0 Å². The number of nitrogens with zero attached hydrogens (tertiary/aromatic N) is 4. The average Bonchev–Trinajstić information content (AvgIpc) is 2.95. The van der Waals surface area contributed by atoms with Crippen molar-refractivity contribution in [1.29, 1.82) is 0 Å². The zero-order valence-electron chi connectivity index (χ0n) is 23.1. The number of carboxylic acid groups (broad SMARTS) is 2. The van der Waals surface area contributed by atoms with Gasteiger partial charge >= 0.3 is 59.1 Å². The van der Waals surface area contributed by atoms with Crippen LogP contribution in [0.25, 0.3) is 11.1 Å². The Labute approximate surface area is 284 Å². The number of carbonyl (C=O) groups is 2. The molecule has 4 aromatic rings. The van der Waals surface area contributed by atoms with Crippen molar-refractivity contribution in [2.24, 2.45) is 20.5 Å². The summed E-state index contributed by atoms with van der Waals surface area (Å²) in [5, 5.41) is 57.8. The molecule has 0 spiro atoms. The van der Waals surface area contributed by atoms with Crippen LogP contribution in [0, 0.1) is 0 Å². The number of carbonyl (C=O) groups excluding carboxylic acids is 2. The van der Waals surface area contributed by atoms with Gasteiger partial charge in [-0.25, -0.2) is 0 Å². The first-order valence-corrected chi connectivity index (χ1v) is 11.5. The summed E-state index contributed by atoms with van der Waals surface area (Å²) in [6.45, 7) is 0. The number of aromatic hydroxyl groups is 2. The molecule has 0 saturated carbocycles. The van der Waals surface area contributed by atoms with Crippen molar-refractivity contribution in [2.75, 3.05) is 14.2 Å². The summed E-state index contributed by atoms with van der Waals surface area (Å²) in [5.41, 5.74) is 1.83. The van der Waals surface area contributed by atoms with Crippen LogP contribution in [0.15, 0.2) is 93.3 Å². The van der Waals surface area contributed by atoms with Crippen molar-refractivity contribution in [2.45, 2.75) is 0 Å². The van der Waals surface area contributed by atoms with Gasteiger partial charge in [-0.3, -0.25) is 0 Å². The van der Waals surface area contributed by atoms with E-state index in [0.717, 1.165) is 23.3 Å². The predicted octanol–water partition coefficient (Wildman–Crippen LogP) is -1.65. The number of carboxylic acids is 2. The van der Waals surface area contributed by atoms with Crippen molar-refractivity contribution in [1.82, 2.24) is 0 Å². The molecule has 0 aliphatic rings. The molecule has 0 unspecified atom stereocenters. The Hall–Kier alpha value is -3.78. The average molecular weight is 586 g/mol. The van der Waals surface area contributed by atoms with E-state index >= 15 is 0 Å². The topological polar surface area (TPSA) is 189 Å². The molecule has 4 aromatic carbocycles. The van der Waals surface area contributed by atoms with E-state index in [1.807, 2.05) is 0 Å². The van der Waals surface area contributed by atoms with Gasteiger partial charge in [0.05, 0.1) is 37.5 Å². The Bertz CT molecular complexity index is 1560. The van der Waals surface area contributed by atoms with Gasteiger partial charge < -0.3 is 39.5 Å². The molecule has 0 fully saturated rings.